The first-order chi connectivity index (χ1) is 9.91. The normalized spacial score (nSPS) is 11.4. The largest absolute Gasteiger partial charge is 0.355 e. The SMILES string of the molecule is CC(C)(C)c1ccc(-c2cc(C(=O)NCCN)no2)cc1. The van der Waals surface area contributed by atoms with Gasteiger partial charge in [0.15, 0.2) is 11.5 Å². The summed E-state index contributed by atoms with van der Waals surface area (Å²) in [5.74, 6) is 0.301. The number of amides is 1. The molecule has 0 unspecified atom stereocenters. The lowest BCUT2D eigenvalue weighted by molar-refractivity contribution is 0.0946. The van der Waals surface area contributed by atoms with Gasteiger partial charge in [-0.15, -0.1) is 0 Å². The number of aromatic nitrogens is 1. The number of hydrogen-bond donors (Lipinski definition) is 2. The second-order valence-electron chi connectivity index (χ2n) is 5.95. The van der Waals surface area contributed by atoms with E-state index in [2.05, 4.69) is 43.4 Å². The van der Waals surface area contributed by atoms with E-state index in [1.165, 1.54) is 5.56 Å². The fraction of sp³-hybridized carbons (Fsp3) is 0.375. The van der Waals surface area contributed by atoms with Crippen LogP contribution in [-0.4, -0.2) is 24.2 Å². The average molecular weight is 287 g/mol. The second kappa shape index (κ2) is 6.10. The summed E-state index contributed by atoms with van der Waals surface area (Å²) in [6.07, 6.45) is 0. The van der Waals surface area contributed by atoms with Crippen LogP contribution in [0, 0.1) is 0 Å². The molecular weight excluding hydrogens is 266 g/mol. The molecule has 112 valence electrons. The van der Waals surface area contributed by atoms with E-state index in [4.69, 9.17) is 10.3 Å². The summed E-state index contributed by atoms with van der Waals surface area (Å²) >= 11 is 0. The first-order valence-corrected chi connectivity index (χ1v) is 6.97. The van der Waals surface area contributed by atoms with E-state index in [1.807, 2.05) is 12.1 Å². The Balaban J connectivity index is 2.16. The van der Waals surface area contributed by atoms with Crippen molar-refractivity contribution >= 4 is 5.91 Å². The van der Waals surface area contributed by atoms with E-state index in [0.29, 0.717) is 18.8 Å². The maximum absolute atomic E-state index is 11.7. The first kappa shape index (κ1) is 15.3. The first-order valence-electron chi connectivity index (χ1n) is 6.97. The third-order valence-corrected chi connectivity index (χ3v) is 3.21. The number of hydrogen-bond acceptors (Lipinski definition) is 4. The predicted molar refractivity (Wildman–Crippen MR) is 82.0 cm³/mol. The van der Waals surface area contributed by atoms with Gasteiger partial charge < -0.3 is 15.6 Å². The minimum Gasteiger partial charge on any atom is -0.355 e. The molecule has 1 amide bonds. The third-order valence-electron chi connectivity index (χ3n) is 3.21. The summed E-state index contributed by atoms with van der Waals surface area (Å²) < 4.78 is 5.24. The van der Waals surface area contributed by atoms with Crippen LogP contribution < -0.4 is 11.1 Å². The average Bonchev–Trinajstić information content (AvgIpc) is 2.94. The highest BCUT2D eigenvalue weighted by Crippen LogP contribution is 2.26. The Morgan fingerprint density at radius 3 is 2.52 bits per heavy atom. The molecule has 0 fully saturated rings. The van der Waals surface area contributed by atoms with E-state index in [1.54, 1.807) is 6.07 Å². The summed E-state index contributed by atoms with van der Waals surface area (Å²) in [5, 5.41) is 6.44. The van der Waals surface area contributed by atoms with Crippen LogP contribution in [0.5, 0.6) is 0 Å². The smallest absolute Gasteiger partial charge is 0.273 e. The molecule has 5 heteroatoms. The van der Waals surface area contributed by atoms with Gasteiger partial charge >= 0.3 is 0 Å². The Hall–Kier alpha value is -2.14. The molecule has 0 aliphatic carbocycles. The third kappa shape index (κ3) is 3.70. The zero-order chi connectivity index (χ0) is 15.5. The Bertz CT molecular complexity index is 609. The van der Waals surface area contributed by atoms with E-state index in [9.17, 15) is 4.79 Å². The molecule has 2 rings (SSSR count). The van der Waals surface area contributed by atoms with E-state index in [0.717, 1.165) is 5.56 Å². The molecule has 1 aromatic carbocycles. The summed E-state index contributed by atoms with van der Waals surface area (Å²) in [4.78, 5) is 11.7. The zero-order valence-corrected chi connectivity index (χ0v) is 12.6. The van der Waals surface area contributed by atoms with Crippen molar-refractivity contribution in [2.24, 2.45) is 5.73 Å². The topological polar surface area (TPSA) is 81.2 Å². The quantitative estimate of drug-likeness (QED) is 0.904. The van der Waals surface area contributed by atoms with Crippen molar-refractivity contribution in [2.45, 2.75) is 26.2 Å². The number of benzene rings is 1. The molecule has 1 heterocycles. The molecule has 0 saturated heterocycles. The van der Waals surface area contributed by atoms with Crippen LogP contribution in [0.3, 0.4) is 0 Å². The zero-order valence-electron chi connectivity index (χ0n) is 12.6. The predicted octanol–water partition coefficient (Wildman–Crippen LogP) is 2.33. The minimum absolute atomic E-state index is 0.104. The molecule has 2 aromatic rings. The fourth-order valence-electron chi connectivity index (χ4n) is 1.93. The molecule has 1 aromatic heterocycles. The van der Waals surface area contributed by atoms with Crippen molar-refractivity contribution in [1.82, 2.24) is 10.5 Å². The summed E-state index contributed by atoms with van der Waals surface area (Å²) in [6.45, 7) is 7.30. The summed E-state index contributed by atoms with van der Waals surface area (Å²) in [7, 11) is 0. The summed E-state index contributed by atoms with van der Waals surface area (Å²) in [6, 6.07) is 9.71. The molecule has 0 aliphatic heterocycles. The van der Waals surface area contributed by atoms with Crippen molar-refractivity contribution in [3.63, 3.8) is 0 Å². The van der Waals surface area contributed by atoms with Crippen LogP contribution in [0.25, 0.3) is 11.3 Å². The van der Waals surface area contributed by atoms with Gasteiger partial charge in [0.05, 0.1) is 0 Å². The molecule has 21 heavy (non-hydrogen) atoms. The number of nitrogens with two attached hydrogens (primary N) is 1. The van der Waals surface area contributed by atoms with E-state index >= 15 is 0 Å². The molecule has 0 radical (unpaired) electrons. The van der Waals surface area contributed by atoms with Gasteiger partial charge in [-0.05, 0) is 11.0 Å². The standard InChI is InChI=1S/C16H21N3O2/c1-16(2,3)12-6-4-11(5-7-12)14-10-13(19-21-14)15(20)18-9-8-17/h4-7,10H,8-9,17H2,1-3H3,(H,18,20). The van der Waals surface area contributed by atoms with Crippen molar-refractivity contribution in [3.05, 3.63) is 41.6 Å². The highest BCUT2D eigenvalue weighted by molar-refractivity contribution is 5.93. The van der Waals surface area contributed by atoms with Gasteiger partial charge in [0.25, 0.3) is 5.91 Å². The lowest BCUT2D eigenvalue weighted by atomic mass is 9.86. The van der Waals surface area contributed by atoms with Crippen LogP contribution in [0.1, 0.15) is 36.8 Å². The number of carbonyl (C=O) groups is 1. The van der Waals surface area contributed by atoms with Crippen molar-refractivity contribution < 1.29 is 9.32 Å². The van der Waals surface area contributed by atoms with Gasteiger partial charge in [-0.2, -0.15) is 0 Å². The maximum Gasteiger partial charge on any atom is 0.273 e. The lowest BCUT2D eigenvalue weighted by Crippen LogP contribution is -2.29. The van der Waals surface area contributed by atoms with Crippen molar-refractivity contribution in [1.29, 1.82) is 0 Å². The van der Waals surface area contributed by atoms with Gasteiger partial charge in [0, 0.05) is 24.7 Å². The maximum atomic E-state index is 11.7. The Morgan fingerprint density at radius 2 is 1.95 bits per heavy atom. The van der Waals surface area contributed by atoms with Gasteiger partial charge in [0.2, 0.25) is 0 Å². The number of carbonyl (C=O) groups excluding carboxylic acids is 1. The second-order valence-corrected chi connectivity index (χ2v) is 5.95. The van der Waals surface area contributed by atoms with Crippen LogP contribution >= 0.6 is 0 Å². The molecule has 5 nitrogen and oxygen atoms in total. The molecule has 0 aliphatic rings. The monoisotopic (exact) mass is 287 g/mol. The Kier molecular flexibility index (Phi) is 4.43. The van der Waals surface area contributed by atoms with Crippen LogP contribution in [0.2, 0.25) is 0 Å². The van der Waals surface area contributed by atoms with E-state index in [-0.39, 0.29) is 17.0 Å². The molecule has 3 N–H and O–H groups in total. The molecule has 0 atom stereocenters. The number of rotatable bonds is 4. The molecule has 0 bridgehead atoms. The lowest BCUT2D eigenvalue weighted by Gasteiger charge is -2.18. The Labute approximate surface area is 124 Å². The number of nitrogens with zero attached hydrogens (tertiary/aromatic N) is 1. The van der Waals surface area contributed by atoms with Crippen molar-refractivity contribution in [3.8, 4) is 11.3 Å². The summed E-state index contributed by atoms with van der Waals surface area (Å²) in [5.41, 5.74) is 7.85. The van der Waals surface area contributed by atoms with Gasteiger partial charge in [-0.25, -0.2) is 0 Å². The van der Waals surface area contributed by atoms with Crippen LogP contribution in [0.15, 0.2) is 34.9 Å². The minimum atomic E-state index is -0.276. The van der Waals surface area contributed by atoms with Gasteiger partial charge in [0.1, 0.15) is 0 Å². The van der Waals surface area contributed by atoms with E-state index < -0.39 is 0 Å². The van der Waals surface area contributed by atoms with Crippen LogP contribution in [0.4, 0.5) is 0 Å². The van der Waals surface area contributed by atoms with Crippen molar-refractivity contribution in [2.75, 3.05) is 13.1 Å². The highest BCUT2D eigenvalue weighted by atomic mass is 16.5. The molecule has 0 saturated carbocycles. The van der Waals surface area contributed by atoms with Crippen LogP contribution in [-0.2, 0) is 5.41 Å². The van der Waals surface area contributed by atoms with Gasteiger partial charge in [-0.1, -0.05) is 50.2 Å². The molecular formula is C16H21N3O2. The fourth-order valence-corrected chi connectivity index (χ4v) is 1.93. The highest BCUT2D eigenvalue weighted by Gasteiger charge is 2.15. The molecule has 0 spiro atoms. The number of nitrogens with one attached hydrogen (secondary N) is 1. The Morgan fingerprint density at radius 1 is 1.29 bits per heavy atom. The van der Waals surface area contributed by atoms with Gasteiger partial charge in [-0.3, -0.25) is 4.79 Å².